The number of carbonyl (C=O) groups is 1. The highest BCUT2D eigenvalue weighted by Gasteiger charge is 2.27. The van der Waals surface area contributed by atoms with Gasteiger partial charge in [-0.15, -0.1) is 0 Å². The molecule has 11 heteroatoms. The molecular formula is C23H23F2N7O2. The Hall–Kier alpha value is -4.02. The van der Waals surface area contributed by atoms with Crippen LogP contribution in [0.5, 0.6) is 5.75 Å². The Morgan fingerprint density at radius 1 is 1.26 bits per heavy atom. The van der Waals surface area contributed by atoms with Crippen LogP contribution in [0.1, 0.15) is 30.2 Å². The van der Waals surface area contributed by atoms with Gasteiger partial charge in [-0.2, -0.15) is 5.10 Å². The third kappa shape index (κ3) is 3.62. The fourth-order valence-corrected chi connectivity index (χ4v) is 4.30. The molecular weight excluding hydrogens is 444 g/mol. The molecule has 1 amide bonds. The Morgan fingerprint density at radius 3 is 2.82 bits per heavy atom. The first kappa shape index (κ1) is 21.8. The maximum absolute atomic E-state index is 14.2. The Balaban J connectivity index is 1.56. The van der Waals surface area contributed by atoms with Gasteiger partial charge in [-0.25, -0.2) is 18.7 Å². The van der Waals surface area contributed by atoms with E-state index in [0.717, 1.165) is 11.3 Å². The molecule has 1 N–H and O–H groups in total. The van der Waals surface area contributed by atoms with E-state index in [0.29, 0.717) is 48.1 Å². The van der Waals surface area contributed by atoms with Crippen molar-refractivity contribution in [1.82, 2.24) is 29.5 Å². The second kappa shape index (κ2) is 8.40. The molecule has 5 rings (SSSR count). The third-order valence-corrected chi connectivity index (χ3v) is 6.18. The predicted octanol–water partition coefficient (Wildman–Crippen LogP) is 3.74. The summed E-state index contributed by atoms with van der Waals surface area (Å²) >= 11 is 0. The number of hydrogen-bond acceptors (Lipinski definition) is 6. The molecule has 4 aromatic heterocycles. The summed E-state index contributed by atoms with van der Waals surface area (Å²) in [5, 5.41) is 7.39. The van der Waals surface area contributed by atoms with Crippen LogP contribution >= 0.6 is 0 Å². The zero-order valence-electron chi connectivity index (χ0n) is 18.9. The number of halogens is 2. The van der Waals surface area contributed by atoms with Crippen LogP contribution in [-0.4, -0.2) is 56.1 Å². The lowest BCUT2D eigenvalue weighted by Crippen LogP contribution is -2.34. The zero-order chi connectivity index (χ0) is 24.0. The van der Waals surface area contributed by atoms with Crippen molar-refractivity contribution in [1.29, 1.82) is 0 Å². The number of methoxy groups -OCH3 is 1. The van der Waals surface area contributed by atoms with Gasteiger partial charge in [-0.05, 0) is 12.1 Å². The van der Waals surface area contributed by atoms with Gasteiger partial charge in [0.1, 0.15) is 17.2 Å². The molecule has 1 aliphatic rings. The molecule has 0 saturated carbocycles. The summed E-state index contributed by atoms with van der Waals surface area (Å²) in [7, 11) is 3.21. The molecule has 0 aromatic carbocycles. The third-order valence-electron chi connectivity index (χ3n) is 6.18. The highest BCUT2D eigenvalue weighted by Crippen LogP contribution is 2.39. The first-order chi connectivity index (χ1) is 16.4. The largest absolute Gasteiger partial charge is 0.495 e. The smallest absolute Gasteiger partial charge is 0.264 e. The quantitative estimate of drug-likeness (QED) is 0.481. The van der Waals surface area contributed by atoms with E-state index in [1.165, 1.54) is 26.3 Å². The summed E-state index contributed by atoms with van der Waals surface area (Å²) in [6.07, 6.45) is 4.41. The van der Waals surface area contributed by atoms with E-state index in [1.54, 1.807) is 45.9 Å². The highest BCUT2D eigenvalue weighted by molar-refractivity contribution is 5.78. The number of fused-ring (bicyclic) bond motifs is 2. The van der Waals surface area contributed by atoms with E-state index < -0.39 is 6.43 Å². The van der Waals surface area contributed by atoms with Gasteiger partial charge in [0.2, 0.25) is 5.91 Å². The molecule has 0 unspecified atom stereocenters. The van der Waals surface area contributed by atoms with Crippen LogP contribution in [-0.2, 0) is 17.8 Å². The van der Waals surface area contributed by atoms with E-state index in [-0.39, 0.29) is 17.0 Å². The number of imidazole rings is 1. The van der Waals surface area contributed by atoms with Gasteiger partial charge in [0.25, 0.3) is 6.43 Å². The second-order valence-electron chi connectivity index (χ2n) is 8.13. The molecule has 0 bridgehead atoms. The Bertz CT molecular complexity index is 1380. The minimum atomic E-state index is -2.74. The van der Waals surface area contributed by atoms with Crippen LogP contribution in [0.15, 0.2) is 36.9 Å². The van der Waals surface area contributed by atoms with Gasteiger partial charge >= 0.3 is 0 Å². The number of nitrogens with one attached hydrogen (secondary N) is 1. The van der Waals surface area contributed by atoms with Crippen molar-refractivity contribution < 1.29 is 18.3 Å². The Labute approximate surface area is 194 Å². The molecule has 0 atom stereocenters. The van der Waals surface area contributed by atoms with Crippen LogP contribution in [0.2, 0.25) is 0 Å². The van der Waals surface area contributed by atoms with Gasteiger partial charge in [0, 0.05) is 73.5 Å². The fourth-order valence-electron chi connectivity index (χ4n) is 4.30. The number of H-pyrrole nitrogens is 1. The van der Waals surface area contributed by atoms with Gasteiger partial charge < -0.3 is 18.9 Å². The lowest BCUT2D eigenvalue weighted by molar-refractivity contribution is -0.129. The summed E-state index contributed by atoms with van der Waals surface area (Å²) in [6, 6.07) is 3.06. The summed E-state index contributed by atoms with van der Waals surface area (Å²) in [6.45, 7) is 2.54. The van der Waals surface area contributed by atoms with Crippen molar-refractivity contribution >= 4 is 23.2 Å². The van der Waals surface area contributed by atoms with E-state index in [2.05, 4.69) is 20.2 Å². The number of rotatable bonds is 5. The summed E-state index contributed by atoms with van der Waals surface area (Å²) < 4.78 is 35.7. The zero-order valence-corrected chi connectivity index (χ0v) is 18.9. The van der Waals surface area contributed by atoms with Crippen LogP contribution in [0.25, 0.3) is 16.8 Å². The lowest BCUT2D eigenvalue weighted by Gasteiger charge is -2.27. The molecule has 0 aliphatic carbocycles. The van der Waals surface area contributed by atoms with E-state index in [4.69, 9.17) is 4.74 Å². The van der Waals surface area contributed by atoms with E-state index in [1.807, 2.05) is 0 Å². The minimum Gasteiger partial charge on any atom is -0.495 e. The average molecular weight is 467 g/mol. The first-order valence-electron chi connectivity index (χ1n) is 10.7. The summed E-state index contributed by atoms with van der Waals surface area (Å²) in [5.74, 6) is 1.28. The molecule has 9 nitrogen and oxygen atoms in total. The van der Waals surface area contributed by atoms with E-state index >= 15 is 0 Å². The van der Waals surface area contributed by atoms with Crippen LogP contribution in [0.4, 0.5) is 20.4 Å². The Morgan fingerprint density at radius 2 is 2.09 bits per heavy atom. The number of alkyl halides is 2. The molecule has 0 fully saturated rings. The summed E-state index contributed by atoms with van der Waals surface area (Å²) in [5.41, 5.74) is 2.97. The molecule has 1 aliphatic heterocycles. The van der Waals surface area contributed by atoms with Crippen LogP contribution in [0, 0.1) is 0 Å². The lowest BCUT2D eigenvalue weighted by atomic mass is 10.0. The minimum absolute atomic E-state index is 0.0219. The van der Waals surface area contributed by atoms with Crippen molar-refractivity contribution in [2.75, 3.05) is 25.6 Å². The monoisotopic (exact) mass is 467 g/mol. The molecule has 0 saturated heterocycles. The summed E-state index contributed by atoms with van der Waals surface area (Å²) in [4.78, 5) is 24.0. The standard InChI is InChI=1S/C23H23F2N7O2/c1-13(33)31-6-4-18-17(11-31)23(29-28-18)30(2)20-9-15(22(24)25)16(10-27-20)14-8-21-26-5-7-32(21)12-19(14)34-3/h5,7-10,12,22H,4,6,11H2,1-3H3,(H,28,29). The van der Waals surface area contributed by atoms with Gasteiger partial charge in [0.15, 0.2) is 5.82 Å². The number of aromatic nitrogens is 5. The van der Waals surface area contributed by atoms with Crippen molar-refractivity contribution in [3.63, 3.8) is 0 Å². The van der Waals surface area contributed by atoms with Gasteiger partial charge in [0.05, 0.1) is 19.9 Å². The van der Waals surface area contributed by atoms with Crippen LogP contribution < -0.4 is 9.64 Å². The maximum atomic E-state index is 14.2. The van der Waals surface area contributed by atoms with Crippen LogP contribution in [0.3, 0.4) is 0 Å². The first-order valence-corrected chi connectivity index (χ1v) is 10.7. The number of carbonyl (C=O) groups excluding carboxylic acids is 1. The van der Waals surface area contributed by atoms with Crippen molar-refractivity contribution in [3.8, 4) is 16.9 Å². The number of aromatic amines is 1. The van der Waals surface area contributed by atoms with Crippen molar-refractivity contribution in [3.05, 3.63) is 53.7 Å². The normalized spacial score (nSPS) is 13.4. The fraction of sp³-hybridized carbons (Fsp3) is 0.304. The number of amides is 1. The van der Waals surface area contributed by atoms with Crippen molar-refractivity contribution in [2.24, 2.45) is 0 Å². The number of hydrogen-bond donors (Lipinski definition) is 1. The highest BCUT2D eigenvalue weighted by atomic mass is 19.3. The van der Waals surface area contributed by atoms with E-state index in [9.17, 15) is 13.6 Å². The molecule has 0 spiro atoms. The Kier molecular flexibility index (Phi) is 5.39. The number of nitrogens with zero attached hydrogens (tertiary/aromatic N) is 6. The SMILES string of the molecule is COc1cn2ccnc2cc1-c1cnc(N(C)c2n[nH]c3c2CN(C(C)=O)CC3)cc1C(F)F. The average Bonchev–Trinajstić information content (AvgIpc) is 3.48. The molecule has 5 heterocycles. The number of ether oxygens (including phenoxy) is 1. The molecule has 34 heavy (non-hydrogen) atoms. The van der Waals surface area contributed by atoms with Gasteiger partial charge in [-0.3, -0.25) is 9.89 Å². The molecule has 4 aromatic rings. The van der Waals surface area contributed by atoms with Crippen molar-refractivity contribution in [2.45, 2.75) is 26.3 Å². The maximum Gasteiger partial charge on any atom is 0.264 e. The van der Waals surface area contributed by atoms with Gasteiger partial charge in [-0.1, -0.05) is 0 Å². The predicted molar refractivity (Wildman–Crippen MR) is 121 cm³/mol. The number of anilines is 2. The topological polar surface area (TPSA) is 91.7 Å². The molecule has 176 valence electrons. The second-order valence-corrected chi connectivity index (χ2v) is 8.13. The molecule has 0 radical (unpaired) electrons. The number of pyridine rings is 2.